The fourth-order valence-corrected chi connectivity index (χ4v) is 4.05. The number of para-hydroxylation sites is 2. The topological polar surface area (TPSA) is 32.8 Å². The highest BCUT2D eigenvalue weighted by molar-refractivity contribution is 5.78. The standard InChI is InChI=1S/C23H27FN2O2/c1-17-10-12-25(13-11-17)23(27)14-20-16-28-22-5-3-2-4-21(22)26(20)15-18-6-8-19(24)9-7-18/h2-9,17,20H,10-16H2,1H3/t20-/m1/s1. The number of halogens is 1. The van der Waals surface area contributed by atoms with Gasteiger partial charge in [-0.3, -0.25) is 4.79 Å². The number of ether oxygens (including phenoxy) is 1. The van der Waals surface area contributed by atoms with Crippen molar-refractivity contribution in [2.75, 3.05) is 24.6 Å². The molecule has 2 aliphatic heterocycles. The van der Waals surface area contributed by atoms with Gasteiger partial charge in [-0.15, -0.1) is 0 Å². The van der Waals surface area contributed by atoms with E-state index in [-0.39, 0.29) is 17.8 Å². The van der Waals surface area contributed by atoms with Crippen LogP contribution in [0, 0.1) is 11.7 Å². The smallest absolute Gasteiger partial charge is 0.224 e. The van der Waals surface area contributed by atoms with Crippen LogP contribution in [0.5, 0.6) is 5.75 Å². The molecule has 4 nitrogen and oxygen atoms in total. The third-order valence-corrected chi connectivity index (χ3v) is 5.86. The Balaban J connectivity index is 1.53. The number of hydrogen-bond donors (Lipinski definition) is 0. The van der Waals surface area contributed by atoms with E-state index in [1.54, 1.807) is 12.1 Å². The molecule has 1 amide bonds. The van der Waals surface area contributed by atoms with Gasteiger partial charge in [-0.05, 0) is 48.6 Å². The van der Waals surface area contributed by atoms with Gasteiger partial charge >= 0.3 is 0 Å². The molecule has 0 bridgehead atoms. The molecule has 0 aromatic heterocycles. The summed E-state index contributed by atoms with van der Waals surface area (Å²) < 4.78 is 19.3. The van der Waals surface area contributed by atoms with Crippen LogP contribution in [0.2, 0.25) is 0 Å². The van der Waals surface area contributed by atoms with E-state index in [2.05, 4.69) is 11.8 Å². The number of benzene rings is 2. The van der Waals surface area contributed by atoms with E-state index < -0.39 is 0 Å². The summed E-state index contributed by atoms with van der Waals surface area (Å²) in [5.74, 6) is 1.49. The van der Waals surface area contributed by atoms with E-state index >= 15 is 0 Å². The third kappa shape index (κ3) is 4.13. The summed E-state index contributed by atoms with van der Waals surface area (Å²) in [7, 11) is 0. The first kappa shape index (κ1) is 18.8. The molecule has 0 aliphatic carbocycles. The maximum absolute atomic E-state index is 13.3. The fraction of sp³-hybridized carbons (Fsp3) is 0.435. The molecular weight excluding hydrogens is 355 g/mol. The molecule has 28 heavy (non-hydrogen) atoms. The average molecular weight is 382 g/mol. The molecule has 1 atom stereocenters. The average Bonchev–Trinajstić information content (AvgIpc) is 2.71. The zero-order valence-corrected chi connectivity index (χ0v) is 16.3. The molecule has 2 aliphatic rings. The third-order valence-electron chi connectivity index (χ3n) is 5.86. The van der Waals surface area contributed by atoms with Crippen LogP contribution in [0.3, 0.4) is 0 Å². The first-order valence-electron chi connectivity index (χ1n) is 10.1. The van der Waals surface area contributed by atoms with Gasteiger partial charge in [0.1, 0.15) is 18.2 Å². The lowest BCUT2D eigenvalue weighted by Crippen LogP contribution is -2.47. The largest absolute Gasteiger partial charge is 0.489 e. The van der Waals surface area contributed by atoms with Gasteiger partial charge in [-0.25, -0.2) is 4.39 Å². The molecular formula is C23H27FN2O2. The van der Waals surface area contributed by atoms with Crippen LogP contribution in [0.15, 0.2) is 48.5 Å². The molecule has 2 heterocycles. The number of fused-ring (bicyclic) bond motifs is 1. The molecule has 2 aromatic carbocycles. The van der Waals surface area contributed by atoms with Crippen molar-refractivity contribution >= 4 is 11.6 Å². The van der Waals surface area contributed by atoms with Crippen LogP contribution in [-0.4, -0.2) is 36.5 Å². The summed E-state index contributed by atoms with van der Waals surface area (Å²) in [6, 6.07) is 14.5. The number of nitrogens with zero attached hydrogens (tertiary/aromatic N) is 2. The van der Waals surface area contributed by atoms with E-state index in [4.69, 9.17) is 4.74 Å². The van der Waals surface area contributed by atoms with Crippen LogP contribution in [0.1, 0.15) is 31.7 Å². The molecule has 0 spiro atoms. The number of anilines is 1. The second-order valence-electron chi connectivity index (χ2n) is 7.95. The number of carbonyl (C=O) groups excluding carboxylic acids is 1. The summed E-state index contributed by atoms with van der Waals surface area (Å²) in [5, 5.41) is 0. The maximum atomic E-state index is 13.3. The molecule has 1 saturated heterocycles. The fourth-order valence-electron chi connectivity index (χ4n) is 4.05. The van der Waals surface area contributed by atoms with E-state index in [1.165, 1.54) is 12.1 Å². The number of piperidine rings is 1. The molecule has 0 N–H and O–H groups in total. The summed E-state index contributed by atoms with van der Waals surface area (Å²) in [4.78, 5) is 17.2. The summed E-state index contributed by atoms with van der Waals surface area (Å²) >= 11 is 0. The number of hydrogen-bond acceptors (Lipinski definition) is 3. The Morgan fingerprint density at radius 1 is 1.11 bits per heavy atom. The first-order chi connectivity index (χ1) is 13.6. The molecule has 2 aromatic rings. The lowest BCUT2D eigenvalue weighted by Gasteiger charge is -2.40. The Morgan fingerprint density at radius 2 is 1.82 bits per heavy atom. The molecule has 1 fully saturated rings. The van der Waals surface area contributed by atoms with Gasteiger partial charge in [0.05, 0.1) is 18.2 Å². The maximum Gasteiger partial charge on any atom is 0.224 e. The van der Waals surface area contributed by atoms with Crippen molar-refractivity contribution in [1.29, 1.82) is 0 Å². The van der Waals surface area contributed by atoms with Crippen LogP contribution >= 0.6 is 0 Å². The normalized spacial score (nSPS) is 19.9. The monoisotopic (exact) mass is 382 g/mol. The zero-order chi connectivity index (χ0) is 19.5. The highest BCUT2D eigenvalue weighted by atomic mass is 19.1. The molecule has 0 unspecified atom stereocenters. The van der Waals surface area contributed by atoms with Crippen molar-refractivity contribution in [2.45, 2.75) is 38.8 Å². The Hall–Kier alpha value is -2.56. The SMILES string of the molecule is CC1CCN(C(=O)C[C@@H]2COc3ccccc3N2Cc2ccc(F)cc2)CC1. The summed E-state index contributed by atoms with van der Waals surface area (Å²) in [5.41, 5.74) is 2.01. The quantitative estimate of drug-likeness (QED) is 0.793. The van der Waals surface area contributed by atoms with Crippen LogP contribution in [0.25, 0.3) is 0 Å². The highest BCUT2D eigenvalue weighted by Crippen LogP contribution is 2.35. The first-order valence-corrected chi connectivity index (χ1v) is 10.1. The Labute approximate surface area is 165 Å². The van der Waals surface area contributed by atoms with Crippen molar-refractivity contribution in [2.24, 2.45) is 5.92 Å². The number of rotatable bonds is 4. The lowest BCUT2D eigenvalue weighted by atomic mass is 9.98. The van der Waals surface area contributed by atoms with Gasteiger partial charge in [0.25, 0.3) is 0 Å². The zero-order valence-electron chi connectivity index (χ0n) is 16.3. The van der Waals surface area contributed by atoms with Gasteiger partial charge in [0.15, 0.2) is 0 Å². The minimum Gasteiger partial charge on any atom is -0.489 e. The Morgan fingerprint density at radius 3 is 2.57 bits per heavy atom. The molecule has 5 heteroatoms. The number of likely N-dealkylation sites (tertiary alicyclic amines) is 1. The number of amides is 1. The molecule has 148 valence electrons. The molecule has 0 radical (unpaired) electrons. The van der Waals surface area contributed by atoms with Gasteiger partial charge in [0.2, 0.25) is 5.91 Å². The lowest BCUT2D eigenvalue weighted by molar-refractivity contribution is -0.133. The summed E-state index contributed by atoms with van der Waals surface area (Å²) in [6.45, 7) is 5.05. The van der Waals surface area contributed by atoms with Gasteiger partial charge in [-0.2, -0.15) is 0 Å². The van der Waals surface area contributed by atoms with Crippen molar-refractivity contribution in [3.63, 3.8) is 0 Å². The van der Waals surface area contributed by atoms with Crippen LogP contribution < -0.4 is 9.64 Å². The van der Waals surface area contributed by atoms with Crippen molar-refractivity contribution in [3.8, 4) is 5.75 Å². The minimum atomic E-state index is -0.239. The van der Waals surface area contributed by atoms with Gasteiger partial charge in [-0.1, -0.05) is 31.2 Å². The van der Waals surface area contributed by atoms with Crippen LogP contribution in [-0.2, 0) is 11.3 Å². The summed E-state index contributed by atoms with van der Waals surface area (Å²) in [6.07, 6.45) is 2.59. The van der Waals surface area contributed by atoms with Gasteiger partial charge < -0.3 is 14.5 Å². The predicted octanol–water partition coefficient (Wildman–Crippen LogP) is 4.24. The minimum absolute atomic E-state index is 0.0354. The Kier molecular flexibility index (Phi) is 5.51. The highest BCUT2D eigenvalue weighted by Gasteiger charge is 2.31. The van der Waals surface area contributed by atoms with Crippen molar-refractivity contribution in [1.82, 2.24) is 4.90 Å². The second kappa shape index (κ2) is 8.21. The van der Waals surface area contributed by atoms with E-state index in [9.17, 15) is 9.18 Å². The van der Waals surface area contributed by atoms with Crippen molar-refractivity contribution < 1.29 is 13.9 Å². The molecule has 4 rings (SSSR count). The van der Waals surface area contributed by atoms with E-state index in [0.29, 0.717) is 25.5 Å². The van der Waals surface area contributed by atoms with E-state index in [0.717, 1.165) is 42.9 Å². The Bertz CT molecular complexity index is 816. The second-order valence-corrected chi connectivity index (χ2v) is 7.95. The van der Waals surface area contributed by atoms with Crippen molar-refractivity contribution in [3.05, 3.63) is 59.9 Å². The van der Waals surface area contributed by atoms with Crippen LogP contribution in [0.4, 0.5) is 10.1 Å². The number of carbonyl (C=O) groups is 1. The molecule has 0 saturated carbocycles. The van der Waals surface area contributed by atoms with E-state index in [1.807, 2.05) is 29.2 Å². The van der Waals surface area contributed by atoms with Gasteiger partial charge in [0, 0.05) is 19.6 Å². The predicted molar refractivity (Wildman–Crippen MR) is 108 cm³/mol.